The molecule has 1 saturated heterocycles. The van der Waals surface area contributed by atoms with Gasteiger partial charge in [-0.1, -0.05) is 0 Å². The molecule has 1 fully saturated rings. The van der Waals surface area contributed by atoms with Crippen LogP contribution in [0.2, 0.25) is 0 Å². The number of nitrogens with zero attached hydrogens (tertiary/aromatic N) is 6. The Labute approximate surface area is 195 Å². The van der Waals surface area contributed by atoms with Crippen LogP contribution in [-0.4, -0.2) is 62.6 Å². The Morgan fingerprint density at radius 2 is 1.76 bits per heavy atom. The summed E-state index contributed by atoms with van der Waals surface area (Å²) in [4.78, 5) is 37.8. The van der Waals surface area contributed by atoms with Crippen molar-refractivity contribution < 1.29 is 14.0 Å². The van der Waals surface area contributed by atoms with E-state index in [-0.39, 0.29) is 11.8 Å². The highest BCUT2D eigenvalue weighted by Gasteiger charge is 2.21. The van der Waals surface area contributed by atoms with Gasteiger partial charge in [0.25, 0.3) is 11.8 Å². The summed E-state index contributed by atoms with van der Waals surface area (Å²) >= 11 is 0. The fraction of sp³-hybridized carbons (Fsp3) is 0.208. The third kappa shape index (κ3) is 4.65. The zero-order valence-electron chi connectivity index (χ0n) is 18.4. The molecule has 1 N–H and O–H groups in total. The first-order valence-corrected chi connectivity index (χ1v) is 11.0. The van der Waals surface area contributed by atoms with Gasteiger partial charge in [0.15, 0.2) is 0 Å². The van der Waals surface area contributed by atoms with Gasteiger partial charge in [0, 0.05) is 44.1 Å². The first-order valence-electron chi connectivity index (χ1n) is 11.0. The zero-order chi connectivity index (χ0) is 23.3. The van der Waals surface area contributed by atoms with Crippen molar-refractivity contribution in [2.24, 2.45) is 0 Å². The lowest BCUT2D eigenvalue weighted by atomic mass is 10.1. The van der Waals surface area contributed by atoms with Crippen molar-refractivity contribution in [3.63, 3.8) is 0 Å². The predicted molar refractivity (Wildman–Crippen MR) is 125 cm³/mol. The van der Waals surface area contributed by atoms with Crippen LogP contribution >= 0.6 is 0 Å². The van der Waals surface area contributed by atoms with E-state index in [0.29, 0.717) is 42.4 Å². The molecule has 0 unspecified atom stereocenters. The maximum absolute atomic E-state index is 13.1. The van der Waals surface area contributed by atoms with E-state index in [1.165, 1.54) is 12.5 Å². The Bertz CT molecular complexity index is 1250. The van der Waals surface area contributed by atoms with Crippen molar-refractivity contribution in [1.29, 1.82) is 0 Å². The summed E-state index contributed by atoms with van der Waals surface area (Å²) in [6.45, 7) is 2.79. The lowest BCUT2D eigenvalue weighted by molar-refractivity contribution is 0.0766. The minimum absolute atomic E-state index is 0.00379. The highest BCUT2D eigenvalue weighted by molar-refractivity contribution is 6.03. The van der Waals surface area contributed by atoms with Crippen LogP contribution in [-0.2, 0) is 0 Å². The maximum atomic E-state index is 13.1. The van der Waals surface area contributed by atoms with E-state index in [1.807, 2.05) is 17.0 Å². The third-order valence-electron chi connectivity index (χ3n) is 5.62. The van der Waals surface area contributed by atoms with Gasteiger partial charge in [-0.05, 0) is 42.8 Å². The van der Waals surface area contributed by atoms with Gasteiger partial charge in [0.05, 0.1) is 35.6 Å². The second-order valence-electron chi connectivity index (χ2n) is 7.87. The Kier molecular flexibility index (Phi) is 6.02. The molecular weight excluding hydrogens is 434 g/mol. The molecule has 172 valence electrons. The number of hydrogen-bond donors (Lipinski definition) is 1. The average Bonchev–Trinajstić information content (AvgIpc) is 3.52. The van der Waals surface area contributed by atoms with Crippen LogP contribution in [0.15, 0.2) is 78.1 Å². The molecule has 4 aromatic rings. The van der Waals surface area contributed by atoms with Crippen LogP contribution in [0.1, 0.15) is 27.1 Å². The van der Waals surface area contributed by atoms with Gasteiger partial charge in [-0.15, -0.1) is 0 Å². The Morgan fingerprint density at radius 1 is 0.941 bits per heavy atom. The summed E-state index contributed by atoms with van der Waals surface area (Å²) < 4.78 is 6.58. The summed E-state index contributed by atoms with van der Waals surface area (Å²) in [6, 6.07) is 10.7. The molecule has 34 heavy (non-hydrogen) atoms. The fourth-order valence-electron chi connectivity index (χ4n) is 3.84. The number of hydrogen-bond acceptors (Lipinski definition) is 7. The molecule has 0 atom stereocenters. The van der Waals surface area contributed by atoms with Crippen molar-refractivity contribution in [2.75, 3.05) is 36.4 Å². The van der Waals surface area contributed by atoms with Gasteiger partial charge in [-0.25, -0.2) is 14.6 Å². The predicted octanol–water partition coefficient (Wildman–Crippen LogP) is 2.86. The molecule has 0 saturated carbocycles. The summed E-state index contributed by atoms with van der Waals surface area (Å²) in [5.41, 5.74) is 2.39. The quantitative estimate of drug-likeness (QED) is 0.491. The first kappa shape index (κ1) is 21.4. The Balaban J connectivity index is 1.21. The fourth-order valence-corrected chi connectivity index (χ4v) is 3.84. The van der Waals surface area contributed by atoms with E-state index in [4.69, 9.17) is 4.42 Å². The highest BCUT2D eigenvalue weighted by atomic mass is 16.3. The van der Waals surface area contributed by atoms with Gasteiger partial charge < -0.3 is 19.5 Å². The standard InChI is InChI=1S/C24H23N7O3/c32-22(19-7-14-34-17-19)28-20-15-27-31(16-20)21-5-3-18(4-6-21)23(33)29-10-2-11-30(13-12-29)24-25-8-1-9-26-24/h1,3-9,14-17H,2,10-13H2,(H,28,32). The van der Waals surface area contributed by atoms with Gasteiger partial charge >= 0.3 is 0 Å². The number of amides is 2. The van der Waals surface area contributed by atoms with Crippen LogP contribution in [0.25, 0.3) is 5.69 Å². The van der Waals surface area contributed by atoms with E-state index in [2.05, 4.69) is 25.3 Å². The monoisotopic (exact) mass is 457 g/mol. The largest absolute Gasteiger partial charge is 0.472 e. The molecule has 10 nitrogen and oxygen atoms in total. The van der Waals surface area contributed by atoms with E-state index in [9.17, 15) is 9.59 Å². The molecule has 10 heteroatoms. The summed E-state index contributed by atoms with van der Waals surface area (Å²) in [6.07, 6.45) is 10.4. The lowest BCUT2D eigenvalue weighted by Crippen LogP contribution is -2.35. The van der Waals surface area contributed by atoms with Gasteiger partial charge in [-0.3, -0.25) is 9.59 Å². The number of nitrogens with one attached hydrogen (secondary N) is 1. The molecule has 2 amide bonds. The second-order valence-corrected chi connectivity index (χ2v) is 7.87. The minimum atomic E-state index is -0.274. The topological polar surface area (TPSA) is 109 Å². The van der Waals surface area contributed by atoms with Crippen molar-refractivity contribution >= 4 is 23.5 Å². The van der Waals surface area contributed by atoms with Gasteiger partial charge in [0.1, 0.15) is 6.26 Å². The molecule has 1 aromatic carbocycles. The van der Waals surface area contributed by atoms with Crippen LogP contribution in [0.3, 0.4) is 0 Å². The number of anilines is 2. The molecule has 3 aromatic heterocycles. The molecule has 0 bridgehead atoms. The number of carbonyl (C=O) groups is 2. The molecule has 1 aliphatic heterocycles. The molecule has 4 heterocycles. The van der Waals surface area contributed by atoms with Gasteiger partial charge in [0.2, 0.25) is 5.95 Å². The molecule has 5 rings (SSSR count). The third-order valence-corrected chi connectivity index (χ3v) is 5.62. The minimum Gasteiger partial charge on any atom is -0.472 e. The number of benzene rings is 1. The molecular formula is C24H23N7O3. The van der Waals surface area contributed by atoms with Crippen LogP contribution in [0.4, 0.5) is 11.6 Å². The van der Waals surface area contributed by atoms with E-state index in [0.717, 1.165) is 18.7 Å². The molecule has 0 radical (unpaired) electrons. The van der Waals surface area contributed by atoms with E-state index in [1.54, 1.807) is 53.7 Å². The van der Waals surface area contributed by atoms with E-state index < -0.39 is 0 Å². The first-order chi connectivity index (χ1) is 16.7. The summed E-state index contributed by atoms with van der Waals surface area (Å²) in [5, 5.41) is 7.07. The SMILES string of the molecule is O=C(Nc1cnn(-c2ccc(C(=O)N3CCCN(c4ncccn4)CC3)cc2)c1)c1ccoc1. The van der Waals surface area contributed by atoms with Crippen LogP contribution in [0.5, 0.6) is 0 Å². The Morgan fingerprint density at radius 3 is 2.53 bits per heavy atom. The van der Waals surface area contributed by atoms with Gasteiger partial charge in [-0.2, -0.15) is 5.10 Å². The Hall–Kier alpha value is -4.47. The maximum Gasteiger partial charge on any atom is 0.259 e. The normalized spacial score (nSPS) is 14.0. The second kappa shape index (κ2) is 9.57. The van der Waals surface area contributed by atoms with Crippen molar-refractivity contribution in [1.82, 2.24) is 24.6 Å². The van der Waals surface area contributed by atoms with Crippen molar-refractivity contribution in [2.45, 2.75) is 6.42 Å². The van der Waals surface area contributed by atoms with Crippen molar-refractivity contribution in [3.05, 3.63) is 84.8 Å². The number of furan rings is 1. The highest BCUT2D eigenvalue weighted by Crippen LogP contribution is 2.17. The summed E-state index contributed by atoms with van der Waals surface area (Å²) in [5.74, 6) is 0.417. The van der Waals surface area contributed by atoms with Crippen molar-refractivity contribution in [3.8, 4) is 5.69 Å². The number of carbonyl (C=O) groups excluding carboxylic acids is 2. The van der Waals surface area contributed by atoms with Crippen LogP contribution in [0, 0.1) is 0 Å². The number of aromatic nitrogens is 4. The lowest BCUT2D eigenvalue weighted by Gasteiger charge is -2.22. The number of rotatable bonds is 5. The molecule has 0 spiro atoms. The van der Waals surface area contributed by atoms with Crippen LogP contribution < -0.4 is 10.2 Å². The molecule has 0 aliphatic carbocycles. The summed E-state index contributed by atoms with van der Waals surface area (Å²) in [7, 11) is 0. The molecule has 1 aliphatic rings. The smallest absolute Gasteiger partial charge is 0.259 e. The zero-order valence-corrected chi connectivity index (χ0v) is 18.4. The van der Waals surface area contributed by atoms with E-state index >= 15 is 0 Å². The average molecular weight is 457 g/mol.